The number of nitrogens with zero attached hydrogens (tertiary/aromatic N) is 3. The molecule has 1 aliphatic rings. The quantitative estimate of drug-likeness (QED) is 0.728. The van der Waals surface area contributed by atoms with Crippen molar-refractivity contribution in [2.24, 2.45) is 11.1 Å². The minimum atomic E-state index is -3.62. The van der Waals surface area contributed by atoms with E-state index in [4.69, 9.17) is 5.14 Å². The molecule has 20 heavy (non-hydrogen) atoms. The summed E-state index contributed by atoms with van der Waals surface area (Å²) in [5, 5.41) is 14.3. The van der Waals surface area contributed by atoms with Gasteiger partial charge in [0.05, 0.1) is 12.4 Å². The van der Waals surface area contributed by atoms with Crippen LogP contribution < -0.4 is 10.0 Å². The van der Waals surface area contributed by atoms with E-state index in [0.717, 1.165) is 0 Å². The molecule has 0 saturated carbocycles. The van der Waals surface area contributed by atoms with Crippen molar-refractivity contribution < 1.29 is 18.3 Å². The second-order valence-electron chi connectivity index (χ2n) is 4.83. The molecular weight excluding hydrogens is 284 g/mol. The third kappa shape index (κ3) is 3.30. The number of carbonyl (C=O) groups is 1. The number of hydrogen-bond donors (Lipinski definition) is 2. The predicted molar refractivity (Wildman–Crippen MR) is 71.1 cm³/mol. The smallest absolute Gasteiger partial charge is 0.228 e. The molecule has 1 unspecified atom stereocenters. The average Bonchev–Trinajstić information content (AvgIpc) is 2.67. The molecule has 0 spiro atoms. The molecule has 9 heteroatoms. The average molecular weight is 300 g/mol. The van der Waals surface area contributed by atoms with Gasteiger partial charge in [0.15, 0.2) is 0 Å². The highest BCUT2D eigenvalue weighted by atomic mass is 32.2. The number of anilines is 1. The van der Waals surface area contributed by atoms with Crippen LogP contribution in [0.4, 0.5) is 5.82 Å². The van der Waals surface area contributed by atoms with Crippen LogP contribution in [0.2, 0.25) is 0 Å². The van der Waals surface area contributed by atoms with Crippen molar-refractivity contribution in [2.45, 2.75) is 20.0 Å². The summed E-state index contributed by atoms with van der Waals surface area (Å²) in [5.41, 5.74) is 0.431. The molecule has 0 radical (unpaired) electrons. The van der Waals surface area contributed by atoms with Crippen LogP contribution in [0.25, 0.3) is 0 Å². The molecule has 8 nitrogen and oxygen atoms in total. The van der Waals surface area contributed by atoms with E-state index >= 15 is 0 Å². The molecule has 2 rings (SSSR count). The number of amides is 1. The minimum absolute atomic E-state index is 0.102. The zero-order valence-electron chi connectivity index (χ0n) is 11.0. The molecule has 110 valence electrons. The lowest BCUT2D eigenvalue weighted by Crippen LogP contribution is -2.29. The van der Waals surface area contributed by atoms with Crippen LogP contribution in [0, 0.1) is 12.8 Å². The number of aromatic nitrogens is 2. The molecule has 1 aromatic rings. The van der Waals surface area contributed by atoms with Gasteiger partial charge in [0, 0.05) is 30.6 Å². The van der Waals surface area contributed by atoms with Crippen LogP contribution in [0.5, 0.6) is 0 Å². The first-order chi connectivity index (χ1) is 9.30. The first-order valence-corrected chi connectivity index (χ1v) is 7.76. The molecule has 1 aliphatic heterocycles. The van der Waals surface area contributed by atoms with Gasteiger partial charge in [0.1, 0.15) is 11.6 Å². The highest BCUT2D eigenvalue weighted by Crippen LogP contribution is 2.26. The van der Waals surface area contributed by atoms with Crippen molar-refractivity contribution in [1.82, 2.24) is 9.97 Å². The summed E-state index contributed by atoms with van der Waals surface area (Å²) in [6.07, 6.45) is 1.56. The van der Waals surface area contributed by atoms with Crippen molar-refractivity contribution >= 4 is 21.7 Å². The molecule has 1 saturated heterocycles. The molecule has 1 fully saturated rings. The highest BCUT2D eigenvalue weighted by molar-refractivity contribution is 7.89. The number of aryl methyl sites for hydroxylation is 1. The van der Waals surface area contributed by atoms with Crippen LogP contribution >= 0.6 is 0 Å². The molecule has 3 N–H and O–H groups in total. The van der Waals surface area contributed by atoms with Crippen molar-refractivity contribution in [2.75, 3.05) is 17.2 Å². The lowest BCUT2D eigenvalue weighted by atomic mass is 10.1. The Labute approximate surface area is 116 Å². The van der Waals surface area contributed by atoms with E-state index in [1.54, 1.807) is 6.92 Å². The standard InChI is InChI=1S/C11H16N4O4S/c1-7-13-3-9(5-16)11(14-7)15-4-8(2-10(15)17)6-20(12,18)19/h3,8,16H,2,4-6H2,1H3,(H2,12,18,19). The predicted octanol–water partition coefficient (Wildman–Crippen LogP) is -1.08. The monoisotopic (exact) mass is 300 g/mol. The SMILES string of the molecule is Cc1ncc(CO)c(N2CC(CS(N)(=O)=O)CC2=O)n1. The van der Waals surface area contributed by atoms with Gasteiger partial charge in [-0.25, -0.2) is 23.5 Å². The molecule has 0 aliphatic carbocycles. The molecule has 1 aromatic heterocycles. The summed E-state index contributed by atoms with van der Waals surface area (Å²) in [4.78, 5) is 21.5. The van der Waals surface area contributed by atoms with Crippen LogP contribution in [0.15, 0.2) is 6.20 Å². The summed E-state index contributed by atoms with van der Waals surface area (Å²) in [5.74, 6) is -0.0269. The minimum Gasteiger partial charge on any atom is -0.391 e. The number of carbonyl (C=O) groups excluding carboxylic acids is 1. The number of sulfonamides is 1. The van der Waals surface area contributed by atoms with Crippen molar-refractivity contribution in [3.63, 3.8) is 0 Å². The number of primary sulfonamides is 1. The fraction of sp³-hybridized carbons (Fsp3) is 0.545. The van der Waals surface area contributed by atoms with E-state index < -0.39 is 10.0 Å². The fourth-order valence-corrected chi connectivity index (χ4v) is 3.14. The van der Waals surface area contributed by atoms with Crippen LogP contribution in [0.1, 0.15) is 17.8 Å². The largest absolute Gasteiger partial charge is 0.391 e. The third-order valence-corrected chi connectivity index (χ3v) is 4.00. The van der Waals surface area contributed by atoms with Gasteiger partial charge in [0.2, 0.25) is 15.9 Å². The summed E-state index contributed by atoms with van der Waals surface area (Å²) in [6.45, 7) is 1.60. The zero-order chi connectivity index (χ0) is 14.9. The number of nitrogens with two attached hydrogens (primary N) is 1. The van der Waals surface area contributed by atoms with Gasteiger partial charge in [-0.05, 0) is 6.92 Å². The van der Waals surface area contributed by atoms with E-state index in [0.29, 0.717) is 17.2 Å². The fourth-order valence-electron chi connectivity index (χ4n) is 2.25. The maximum absolute atomic E-state index is 12.0. The number of aliphatic hydroxyl groups is 1. The van der Waals surface area contributed by atoms with Crippen molar-refractivity contribution in [1.29, 1.82) is 0 Å². The Balaban J connectivity index is 2.26. The van der Waals surface area contributed by atoms with E-state index in [9.17, 15) is 18.3 Å². The van der Waals surface area contributed by atoms with Gasteiger partial charge >= 0.3 is 0 Å². The second kappa shape index (κ2) is 5.43. The van der Waals surface area contributed by atoms with Gasteiger partial charge in [-0.2, -0.15) is 0 Å². The molecule has 2 heterocycles. The first kappa shape index (κ1) is 14.8. The normalized spacial score (nSPS) is 19.6. The van der Waals surface area contributed by atoms with Gasteiger partial charge < -0.3 is 5.11 Å². The molecule has 0 aromatic carbocycles. The molecule has 0 bridgehead atoms. The third-order valence-electron chi connectivity index (χ3n) is 3.06. The number of rotatable bonds is 4. The zero-order valence-corrected chi connectivity index (χ0v) is 11.8. The second-order valence-corrected chi connectivity index (χ2v) is 6.49. The summed E-state index contributed by atoms with van der Waals surface area (Å²) in [6, 6.07) is 0. The Morgan fingerprint density at radius 3 is 2.85 bits per heavy atom. The van der Waals surface area contributed by atoms with Gasteiger partial charge in [-0.3, -0.25) is 9.69 Å². The Kier molecular flexibility index (Phi) is 4.02. The molecule has 1 atom stereocenters. The van der Waals surface area contributed by atoms with Crippen molar-refractivity contribution in [3.05, 3.63) is 17.6 Å². The van der Waals surface area contributed by atoms with Crippen LogP contribution in [-0.2, 0) is 21.4 Å². The van der Waals surface area contributed by atoms with E-state index in [1.165, 1.54) is 11.1 Å². The number of aliphatic hydroxyl groups excluding tert-OH is 1. The summed E-state index contributed by atoms with van der Waals surface area (Å²) < 4.78 is 22.2. The topological polar surface area (TPSA) is 126 Å². The lowest BCUT2D eigenvalue weighted by Gasteiger charge is -2.18. The van der Waals surface area contributed by atoms with Gasteiger partial charge in [-0.15, -0.1) is 0 Å². The highest BCUT2D eigenvalue weighted by Gasteiger charge is 2.34. The summed E-state index contributed by atoms with van der Waals surface area (Å²) >= 11 is 0. The van der Waals surface area contributed by atoms with E-state index in [2.05, 4.69) is 9.97 Å². The van der Waals surface area contributed by atoms with E-state index in [1.807, 2.05) is 0 Å². The van der Waals surface area contributed by atoms with Crippen molar-refractivity contribution in [3.8, 4) is 0 Å². The van der Waals surface area contributed by atoms with Gasteiger partial charge in [-0.1, -0.05) is 0 Å². The lowest BCUT2D eigenvalue weighted by molar-refractivity contribution is -0.117. The molecule has 1 amide bonds. The maximum atomic E-state index is 12.0. The Morgan fingerprint density at radius 1 is 1.55 bits per heavy atom. The molecular formula is C11H16N4O4S. The first-order valence-electron chi connectivity index (χ1n) is 6.04. The van der Waals surface area contributed by atoms with Crippen LogP contribution in [0.3, 0.4) is 0 Å². The maximum Gasteiger partial charge on any atom is 0.228 e. The Morgan fingerprint density at radius 2 is 2.25 bits per heavy atom. The Bertz CT molecular complexity index is 631. The van der Waals surface area contributed by atoms with Gasteiger partial charge in [0.25, 0.3) is 0 Å². The van der Waals surface area contributed by atoms with E-state index in [-0.39, 0.29) is 37.2 Å². The van der Waals surface area contributed by atoms with Crippen LogP contribution in [-0.4, -0.2) is 41.7 Å². The summed E-state index contributed by atoms with van der Waals surface area (Å²) in [7, 11) is -3.62. The Hall–Kier alpha value is -1.58. The number of hydrogen-bond acceptors (Lipinski definition) is 6.